The molecule has 0 radical (unpaired) electrons. The second-order valence-electron chi connectivity index (χ2n) is 6.81. The van der Waals surface area contributed by atoms with E-state index >= 15 is 0 Å². The highest BCUT2D eigenvalue weighted by atomic mass is 32.2. The molecule has 2 heterocycles. The molecule has 10 heteroatoms. The molecule has 0 atom stereocenters. The summed E-state index contributed by atoms with van der Waals surface area (Å²) in [6.45, 7) is 3.95. The molecule has 2 aromatic carbocycles. The summed E-state index contributed by atoms with van der Waals surface area (Å²) in [6, 6.07) is 12.7. The topological polar surface area (TPSA) is 96.7 Å². The molecule has 1 aliphatic rings. The Morgan fingerprint density at radius 2 is 1.94 bits per heavy atom. The number of rotatable bonds is 9. The summed E-state index contributed by atoms with van der Waals surface area (Å²) in [5, 5.41) is 12.0. The maximum absolute atomic E-state index is 12.4. The van der Waals surface area contributed by atoms with Gasteiger partial charge in [-0.3, -0.25) is 4.79 Å². The minimum atomic E-state index is -0.147. The number of anilines is 1. The van der Waals surface area contributed by atoms with Gasteiger partial charge >= 0.3 is 0 Å². The molecule has 1 aromatic heterocycles. The molecule has 0 fully saturated rings. The zero-order valence-corrected chi connectivity index (χ0v) is 18.7. The number of benzene rings is 2. The molecule has 1 amide bonds. The van der Waals surface area contributed by atoms with Gasteiger partial charge in [0.15, 0.2) is 22.5 Å². The van der Waals surface area contributed by atoms with Crippen molar-refractivity contribution in [3.05, 3.63) is 48.3 Å². The van der Waals surface area contributed by atoms with E-state index in [2.05, 4.69) is 15.5 Å². The monoisotopic (exact) mass is 456 g/mol. The molecule has 168 valence electrons. The van der Waals surface area contributed by atoms with Gasteiger partial charge in [0, 0.05) is 24.4 Å². The van der Waals surface area contributed by atoms with Crippen molar-refractivity contribution in [3.8, 4) is 23.0 Å². The summed E-state index contributed by atoms with van der Waals surface area (Å²) in [6.07, 6.45) is 0. The first-order chi connectivity index (χ1) is 15.7. The van der Waals surface area contributed by atoms with Gasteiger partial charge in [0.25, 0.3) is 0 Å². The molecule has 1 aliphatic heterocycles. The predicted molar refractivity (Wildman–Crippen MR) is 120 cm³/mol. The number of hydrogen-bond acceptors (Lipinski definition) is 8. The Morgan fingerprint density at radius 1 is 1.12 bits per heavy atom. The van der Waals surface area contributed by atoms with Crippen LogP contribution < -0.4 is 24.3 Å². The van der Waals surface area contributed by atoms with Crippen molar-refractivity contribution >= 4 is 23.4 Å². The fraction of sp³-hybridized carbons (Fsp3) is 0.318. The molecular weight excluding hydrogens is 432 g/mol. The number of ether oxygens (including phenoxy) is 4. The predicted octanol–water partition coefficient (Wildman–Crippen LogP) is 3.39. The lowest BCUT2D eigenvalue weighted by Crippen LogP contribution is -2.17. The number of nitrogens with zero attached hydrogens (tertiary/aromatic N) is 3. The van der Waals surface area contributed by atoms with Crippen LogP contribution >= 0.6 is 11.8 Å². The molecule has 9 nitrogen and oxygen atoms in total. The summed E-state index contributed by atoms with van der Waals surface area (Å²) in [7, 11) is 1.61. The van der Waals surface area contributed by atoms with E-state index in [0.29, 0.717) is 53.7 Å². The standard InChI is InChI=1S/C22H24N4O5S/c1-3-26-20(13-31-17-6-4-5-16(12-17)28-2)24-25-22(26)32-14-21(27)23-15-7-8-18-19(11-15)30-10-9-29-18/h4-8,11-12H,3,9-10,13-14H2,1-2H3,(H,23,27). The Bertz CT molecular complexity index is 1090. The largest absolute Gasteiger partial charge is 0.497 e. The van der Waals surface area contributed by atoms with Gasteiger partial charge in [0.2, 0.25) is 5.91 Å². The molecule has 0 bridgehead atoms. The minimum absolute atomic E-state index is 0.147. The fourth-order valence-electron chi connectivity index (χ4n) is 3.14. The van der Waals surface area contributed by atoms with Crippen molar-refractivity contribution in [1.29, 1.82) is 0 Å². The summed E-state index contributed by atoms with van der Waals surface area (Å²) < 4.78 is 24.0. The summed E-state index contributed by atoms with van der Waals surface area (Å²) in [4.78, 5) is 12.4. The van der Waals surface area contributed by atoms with Crippen LogP contribution in [0.4, 0.5) is 5.69 Å². The van der Waals surface area contributed by atoms with E-state index in [-0.39, 0.29) is 18.3 Å². The average molecular weight is 457 g/mol. The van der Waals surface area contributed by atoms with Crippen LogP contribution in [-0.2, 0) is 17.9 Å². The Morgan fingerprint density at radius 3 is 2.75 bits per heavy atom. The van der Waals surface area contributed by atoms with E-state index in [1.54, 1.807) is 25.3 Å². The molecule has 0 saturated heterocycles. The smallest absolute Gasteiger partial charge is 0.234 e. The molecule has 0 saturated carbocycles. The van der Waals surface area contributed by atoms with Crippen LogP contribution in [0.25, 0.3) is 0 Å². The Hall–Kier alpha value is -3.40. The first-order valence-electron chi connectivity index (χ1n) is 10.2. The van der Waals surface area contributed by atoms with E-state index in [4.69, 9.17) is 18.9 Å². The van der Waals surface area contributed by atoms with Crippen molar-refractivity contribution in [2.45, 2.75) is 25.2 Å². The van der Waals surface area contributed by atoms with Gasteiger partial charge in [0.1, 0.15) is 31.3 Å². The number of carbonyl (C=O) groups excluding carboxylic acids is 1. The minimum Gasteiger partial charge on any atom is -0.497 e. The number of amides is 1. The summed E-state index contributed by atoms with van der Waals surface area (Å²) >= 11 is 1.32. The Kier molecular flexibility index (Phi) is 7.00. The van der Waals surface area contributed by atoms with Crippen molar-refractivity contribution in [1.82, 2.24) is 14.8 Å². The first-order valence-corrected chi connectivity index (χ1v) is 11.2. The highest BCUT2D eigenvalue weighted by Crippen LogP contribution is 2.32. The SMILES string of the molecule is CCn1c(COc2cccc(OC)c2)nnc1SCC(=O)Nc1ccc2c(c1)OCCO2. The van der Waals surface area contributed by atoms with Crippen LogP contribution in [0.3, 0.4) is 0 Å². The van der Waals surface area contributed by atoms with Crippen molar-refractivity contribution in [3.63, 3.8) is 0 Å². The van der Waals surface area contributed by atoms with Gasteiger partial charge in [-0.25, -0.2) is 0 Å². The molecule has 32 heavy (non-hydrogen) atoms. The maximum atomic E-state index is 12.4. The van der Waals surface area contributed by atoms with Gasteiger partial charge in [-0.2, -0.15) is 0 Å². The molecular formula is C22H24N4O5S. The van der Waals surface area contributed by atoms with Crippen molar-refractivity contribution in [2.75, 3.05) is 31.4 Å². The molecule has 0 spiro atoms. The van der Waals surface area contributed by atoms with E-state index in [1.807, 2.05) is 35.8 Å². The normalized spacial score (nSPS) is 12.3. The number of fused-ring (bicyclic) bond motifs is 1. The van der Waals surface area contributed by atoms with Gasteiger partial charge in [-0.15, -0.1) is 10.2 Å². The number of carbonyl (C=O) groups is 1. The second-order valence-corrected chi connectivity index (χ2v) is 7.75. The quantitative estimate of drug-likeness (QED) is 0.490. The van der Waals surface area contributed by atoms with E-state index in [9.17, 15) is 4.79 Å². The highest BCUT2D eigenvalue weighted by Gasteiger charge is 2.16. The second kappa shape index (κ2) is 10.3. The zero-order chi connectivity index (χ0) is 22.3. The third-order valence-corrected chi connectivity index (χ3v) is 5.64. The molecule has 4 rings (SSSR count). The average Bonchev–Trinajstić information content (AvgIpc) is 3.23. The lowest BCUT2D eigenvalue weighted by Gasteiger charge is -2.19. The van der Waals surface area contributed by atoms with Crippen LogP contribution in [0.15, 0.2) is 47.6 Å². The van der Waals surface area contributed by atoms with Gasteiger partial charge in [0.05, 0.1) is 12.9 Å². The van der Waals surface area contributed by atoms with Crippen LogP contribution in [0, 0.1) is 0 Å². The number of aromatic nitrogens is 3. The van der Waals surface area contributed by atoms with Gasteiger partial charge < -0.3 is 28.8 Å². The number of nitrogens with one attached hydrogen (secondary N) is 1. The molecule has 0 unspecified atom stereocenters. The first kappa shape index (κ1) is 21.8. The van der Waals surface area contributed by atoms with Crippen molar-refractivity contribution in [2.24, 2.45) is 0 Å². The number of hydrogen-bond donors (Lipinski definition) is 1. The van der Waals surface area contributed by atoms with Crippen LogP contribution in [-0.4, -0.2) is 46.7 Å². The number of methoxy groups -OCH3 is 1. The van der Waals surface area contributed by atoms with Crippen LogP contribution in [0.1, 0.15) is 12.7 Å². The maximum Gasteiger partial charge on any atom is 0.234 e. The molecule has 0 aliphatic carbocycles. The lowest BCUT2D eigenvalue weighted by molar-refractivity contribution is -0.113. The van der Waals surface area contributed by atoms with Crippen molar-refractivity contribution < 1.29 is 23.7 Å². The fourth-order valence-corrected chi connectivity index (χ4v) is 3.96. The Labute approximate surface area is 190 Å². The zero-order valence-electron chi connectivity index (χ0n) is 17.9. The van der Waals surface area contributed by atoms with Gasteiger partial charge in [-0.1, -0.05) is 17.8 Å². The van der Waals surface area contributed by atoms with E-state index < -0.39 is 0 Å². The third-order valence-electron chi connectivity index (χ3n) is 4.68. The lowest BCUT2D eigenvalue weighted by atomic mass is 10.2. The molecule has 3 aromatic rings. The van der Waals surface area contributed by atoms with E-state index in [1.165, 1.54) is 11.8 Å². The highest BCUT2D eigenvalue weighted by molar-refractivity contribution is 7.99. The van der Waals surface area contributed by atoms with Gasteiger partial charge in [-0.05, 0) is 31.2 Å². The summed E-state index contributed by atoms with van der Waals surface area (Å²) in [5.74, 6) is 3.46. The molecule has 1 N–H and O–H groups in total. The van der Waals surface area contributed by atoms with Crippen LogP contribution in [0.2, 0.25) is 0 Å². The van der Waals surface area contributed by atoms with Crippen LogP contribution in [0.5, 0.6) is 23.0 Å². The number of thioether (sulfide) groups is 1. The third kappa shape index (κ3) is 5.25. The summed E-state index contributed by atoms with van der Waals surface area (Å²) in [5.41, 5.74) is 0.657. The van der Waals surface area contributed by atoms with E-state index in [0.717, 1.165) is 5.75 Å². The Balaban J connectivity index is 1.33.